The SMILES string of the molecule is CCC(C(=O)[C@@H](C)[C@@H](O)C1(C)C[C@]12O[C@@H]([C@@H](CC)C(=O)O)CC[C@@H]2C)[C@H]1O[C@]2(C=CC(NC(=O)Oc3ccccc3)[C@]3(CC[C@@](C)([C@H]4CC[C@](O)(CC)[C@H](C)O4)O3)O2)[C@H](C)C[C@@H]1C. The summed E-state index contributed by atoms with van der Waals surface area (Å²) in [5, 5.41) is 36.4. The van der Waals surface area contributed by atoms with Crippen LogP contribution < -0.4 is 10.1 Å². The predicted molar refractivity (Wildman–Crippen MR) is 235 cm³/mol. The number of aliphatic carboxylic acids is 1. The van der Waals surface area contributed by atoms with Gasteiger partial charge < -0.3 is 49.1 Å². The minimum Gasteiger partial charge on any atom is -0.481 e. The number of rotatable bonds is 13. The van der Waals surface area contributed by atoms with E-state index < -0.39 is 94.1 Å². The third-order valence-electron chi connectivity index (χ3n) is 17.0. The number of carbonyl (C=O) groups is 3. The van der Waals surface area contributed by atoms with Gasteiger partial charge in [-0.3, -0.25) is 9.59 Å². The van der Waals surface area contributed by atoms with Crippen LogP contribution in [-0.4, -0.2) is 98.1 Å². The summed E-state index contributed by atoms with van der Waals surface area (Å²) in [6.45, 7) is 19.8. The number of carbonyl (C=O) groups excluding carboxylic acids is 2. The fourth-order valence-corrected chi connectivity index (χ4v) is 12.5. The molecule has 3 unspecified atom stereocenters. The lowest BCUT2D eigenvalue weighted by atomic mass is 9.72. The van der Waals surface area contributed by atoms with Crippen LogP contribution >= 0.6 is 0 Å². The van der Waals surface area contributed by atoms with Crippen LogP contribution in [0.5, 0.6) is 5.75 Å². The van der Waals surface area contributed by atoms with Gasteiger partial charge in [0.05, 0.1) is 53.2 Å². The molecule has 5 aliphatic heterocycles. The first kappa shape index (κ1) is 48.0. The number of ketones is 1. The maximum Gasteiger partial charge on any atom is 0.413 e. The number of benzene rings is 1. The van der Waals surface area contributed by atoms with E-state index in [1.807, 2.05) is 59.8 Å². The van der Waals surface area contributed by atoms with Gasteiger partial charge in [0.25, 0.3) is 0 Å². The first-order valence-corrected chi connectivity index (χ1v) is 24.0. The smallest absolute Gasteiger partial charge is 0.413 e. The summed E-state index contributed by atoms with van der Waals surface area (Å²) in [6.07, 6.45) is 6.53. The molecule has 0 bridgehead atoms. The lowest BCUT2D eigenvalue weighted by Gasteiger charge is -2.55. The average molecular weight is 882 g/mol. The zero-order chi connectivity index (χ0) is 45.9. The van der Waals surface area contributed by atoms with Gasteiger partial charge >= 0.3 is 12.1 Å². The molecule has 4 saturated heterocycles. The van der Waals surface area contributed by atoms with Crippen molar-refractivity contribution in [2.24, 2.45) is 40.9 Å². The van der Waals surface area contributed by atoms with E-state index in [1.165, 1.54) is 0 Å². The number of hydrogen-bond acceptors (Lipinski definition) is 11. The van der Waals surface area contributed by atoms with Crippen molar-refractivity contribution in [3.63, 3.8) is 0 Å². The van der Waals surface area contributed by atoms with Gasteiger partial charge in [0, 0.05) is 29.6 Å². The van der Waals surface area contributed by atoms with Gasteiger partial charge in [-0.1, -0.05) is 79.7 Å². The summed E-state index contributed by atoms with van der Waals surface area (Å²) in [7, 11) is 0. The Morgan fingerprint density at radius 3 is 2.24 bits per heavy atom. The molecule has 4 N–H and O–H groups in total. The normalized spacial score (nSPS) is 44.2. The Morgan fingerprint density at radius 2 is 1.60 bits per heavy atom. The molecular weight excluding hydrogens is 807 g/mol. The molecule has 1 aromatic carbocycles. The highest BCUT2D eigenvalue weighted by molar-refractivity contribution is 5.84. The van der Waals surface area contributed by atoms with Gasteiger partial charge in [0.2, 0.25) is 0 Å². The van der Waals surface area contributed by atoms with Gasteiger partial charge in [-0.05, 0) is 108 Å². The maximum absolute atomic E-state index is 14.8. The molecule has 1 aliphatic carbocycles. The second-order valence-corrected chi connectivity index (χ2v) is 20.8. The monoisotopic (exact) mass is 882 g/mol. The summed E-state index contributed by atoms with van der Waals surface area (Å²) in [5.41, 5.74) is -3.19. The van der Waals surface area contributed by atoms with Crippen LogP contribution in [0.4, 0.5) is 4.79 Å². The zero-order valence-electron chi connectivity index (χ0n) is 39.3. The van der Waals surface area contributed by atoms with Gasteiger partial charge in [0.1, 0.15) is 17.6 Å². The highest BCUT2D eigenvalue weighted by Gasteiger charge is 2.74. The van der Waals surface area contributed by atoms with E-state index in [9.17, 15) is 29.7 Å². The lowest BCUT2D eigenvalue weighted by molar-refractivity contribution is -0.398. The Hall–Kier alpha value is -2.91. The Balaban J connectivity index is 1.13. The van der Waals surface area contributed by atoms with Crippen LogP contribution in [-0.2, 0) is 33.3 Å². The molecule has 1 aromatic rings. The molecule has 13 nitrogen and oxygen atoms in total. The lowest BCUT2D eigenvalue weighted by Crippen LogP contribution is -2.66. The highest BCUT2D eigenvalue weighted by Crippen LogP contribution is 2.68. The third kappa shape index (κ3) is 8.44. The average Bonchev–Trinajstić information content (AvgIpc) is 3.71. The largest absolute Gasteiger partial charge is 0.481 e. The number of amides is 1. The van der Waals surface area contributed by atoms with Crippen molar-refractivity contribution >= 4 is 17.8 Å². The third-order valence-corrected chi connectivity index (χ3v) is 17.0. The molecule has 0 aromatic heterocycles. The van der Waals surface area contributed by atoms with Crippen molar-refractivity contribution in [3.8, 4) is 5.75 Å². The second kappa shape index (κ2) is 17.7. The minimum absolute atomic E-state index is 0.0370. The van der Waals surface area contributed by atoms with E-state index in [4.69, 9.17) is 28.4 Å². The Bertz CT molecular complexity index is 1860. The van der Waals surface area contributed by atoms with E-state index in [1.54, 1.807) is 31.2 Å². The van der Waals surface area contributed by atoms with Gasteiger partial charge in [-0.25, -0.2) is 4.79 Å². The molecule has 3 spiro atoms. The molecule has 18 atom stereocenters. The van der Waals surface area contributed by atoms with Crippen LogP contribution in [0.3, 0.4) is 0 Å². The second-order valence-electron chi connectivity index (χ2n) is 20.8. The molecule has 5 heterocycles. The fourth-order valence-electron chi connectivity index (χ4n) is 12.5. The first-order chi connectivity index (χ1) is 29.7. The standard InChI is InChI=1S/C50H75NO12/c1-11-35(43(54)55)37-20-19-30(5)48(60-37)28-45(48,9)42(53)32(7)40(52)36(12-2)41-29(4)27-31(6)49(61-41)24-21-38(51-44(56)59-34-17-15-14-16-18-34)50(63-49)26-25-46(10,62-50)39-22-23-47(57,13-3)33(8)58-39/h14-18,21,24,29-33,35-39,41-42,53,57H,11-13,19-20,22-23,25-28H2,1-10H3,(H,51,56)(H,54,55)/t29-,30-,31+,32+,33-,35+,36?,37+,38?,39+,41-,42+,45?,46-,47+,48+,49-,50-/m0/s1. The van der Waals surface area contributed by atoms with E-state index >= 15 is 0 Å². The van der Waals surface area contributed by atoms with Crippen molar-refractivity contribution in [2.75, 3.05) is 0 Å². The number of Topliss-reactive ketones (excluding diaryl/α,β-unsaturated/α-hetero) is 1. The number of nitrogens with one attached hydrogen (secondary N) is 1. The molecule has 63 heavy (non-hydrogen) atoms. The molecule has 6 aliphatic rings. The van der Waals surface area contributed by atoms with Crippen LogP contribution in [0.2, 0.25) is 0 Å². The summed E-state index contributed by atoms with van der Waals surface area (Å²) in [6, 6.07) is 8.05. The number of para-hydroxylation sites is 1. The number of carboxylic acids is 1. The number of aliphatic hydroxyl groups excluding tert-OH is 1. The summed E-state index contributed by atoms with van der Waals surface area (Å²) < 4.78 is 40.5. The molecule has 5 fully saturated rings. The topological polar surface area (TPSA) is 179 Å². The van der Waals surface area contributed by atoms with Gasteiger partial charge in [0.15, 0.2) is 11.6 Å². The molecule has 0 radical (unpaired) electrons. The number of hydrogen-bond donors (Lipinski definition) is 4. The summed E-state index contributed by atoms with van der Waals surface area (Å²) in [4.78, 5) is 40.5. The fraction of sp³-hybridized carbons (Fsp3) is 0.780. The van der Waals surface area contributed by atoms with Crippen LogP contribution in [0.15, 0.2) is 42.5 Å². The van der Waals surface area contributed by atoms with Gasteiger partial charge in [-0.2, -0.15) is 0 Å². The predicted octanol–water partition coefficient (Wildman–Crippen LogP) is 8.13. The molecule has 7 rings (SSSR count). The summed E-state index contributed by atoms with van der Waals surface area (Å²) in [5.74, 6) is -5.36. The van der Waals surface area contributed by atoms with Crippen molar-refractivity contribution in [1.29, 1.82) is 0 Å². The highest BCUT2D eigenvalue weighted by atomic mass is 16.8. The molecule has 13 heteroatoms. The summed E-state index contributed by atoms with van der Waals surface area (Å²) >= 11 is 0. The molecular formula is C50H75NO12. The van der Waals surface area contributed by atoms with E-state index in [0.29, 0.717) is 70.0 Å². The Morgan fingerprint density at radius 1 is 0.905 bits per heavy atom. The number of ether oxygens (including phenoxy) is 6. The van der Waals surface area contributed by atoms with Crippen molar-refractivity contribution in [1.82, 2.24) is 5.32 Å². The van der Waals surface area contributed by atoms with Crippen LogP contribution in [0, 0.1) is 40.9 Å². The molecule has 1 saturated carbocycles. The van der Waals surface area contributed by atoms with Gasteiger partial charge in [-0.15, -0.1) is 0 Å². The Kier molecular flexibility index (Phi) is 13.5. The molecule has 352 valence electrons. The van der Waals surface area contributed by atoms with E-state index in [2.05, 4.69) is 26.1 Å². The number of aliphatic hydroxyl groups is 2. The minimum atomic E-state index is -1.40. The van der Waals surface area contributed by atoms with Crippen molar-refractivity contribution in [2.45, 2.75) is 205 Å². The van der Waals surface area contributed by atoms with Crippen LogP contribution in [0.1, 0.15) is 140 Å². The zero-order valence-corrected chi connectivity index (χ0v) is 39.3. The van der Waals surface area contributed by atoms with E-state index in [-0.39, 0.29) is 29.6 Å². The Labute approximate surface area is 374 Å². The molecule has 1 amide bonds. The first-order valence-electron chi connectivity index (χ1n) is 24.0. The quantitative estimate of drug-likeness (QED) is 0.140. The number of carboxylic acid groups (broad SMARTS) is 1. The van der Waals surface area contributed by atoms with E-state index in [0.717, 1.165) is 6.42 Å². The van der Waals surface area contributed by atoms with Crippen molar-refractivity contribution in [3.05, 3.63) is 42.5 Å². The maximum atomic E-state index is 14.8. The van der Waals surface area contributed by atoms with Crippen molar-refractivity contribution < 1.29 is 58.1 Å². The van der Waals surface area contributed by atoms with Crippen LogP contribution in [0.25, 0.3) is 0 Å².